The molecule has 2 aliphatic heterocycles. The molecule has 4 heteroatoms. The van der Waals surface area contributed by atoms with Crippen LogP contribution in [0.25, 0.3) is 0 Å². The molecule has 0 saturated carbocycles. The van der Waals surface area contributed by atoms with Crippen LogP contribution in [0.3, 0.4) is 0 Å². The zero-order valence-corrected chi connectivity index (χ0v) is 12.1. The predicted molar refractivity (Wildman–Crippen MR) is 76.0 cm³/mol. The van der Waals surface area contributed by atoms with E-state index < -0.39 is 5.41 Å². The van der Waals surface area contributed by atoms with Crippen molar-refractivity contribution in [2.45, 2.75) is 37.6 Å². The van der Waals surface area contributed by atoms with Crippen LogP contribution in [-0.2, 0) is 10.2 Å². The van der Waals surface area contributed by atoms with Crippen molar-refractivity contribution in [3.8, 4) is 0 Å². The molecule has 2 aliphatic rings. The first-order valence-electron chi connectivity index (χ1n) is 7.23. The summed E-state index contributed by atoms with van der Waals surface area (Å²) in [5, 5.41) is 3.20. The molecule has 0 aromatic heterocycles. The second kappa shape index (κ2) is 4.55. The van der Waals surface area contributed by atoms with Crippen molar-refractivity contribution < 1.29 is 9.18 Å². The van der Waals surface area contributed by atoms with Gasteiger partial charge in [0, 0.05) is 25.2 Å². The number of nitrogens with zero attached hydrogens (tertiary/aromatic N) is 1. The van der Waals surface area contributed by atoms with Crippen LogP contribution in [0, 0.1) is 5.82 Å². The Morgan fingerprint density at radius 3 is 2.50 bits per heavy atom. The van der Waals surface area contributed by atoms with Crippen LogP contribution in [0.4, 0.5) is 4.39 Å². The number of amides is 1. The van der Waals surface area contributed by atoms with Gasteiger partial charge >= 0.3 is 0 Å². The molecule has 2 saturated heterocycles. The molecule has 2 bridgehead atoms. The zero-order chi connectivity index (χ0) is 14.4. The Kier molecular flexibility index (Phi) is 3.09. The Labute approximate surface area is 119 Å². The van der Waals surface area contributed by atoms with Crippen LogP contribution in [0.2, 0.25) is 0 Å². The van der Waals surface area contributed by atoms with Crippen LogP contribution in [0.5, 0.6) is 0 Å². The molecule has 0 unspecified atom stereocenters. The highest BCUT2D eigenvalue weighted by molar-refractivity contribution is 5.88. The Bertz CT molecular complexity index is 533. The molecule has 0 atom stereocenters. The summed E-state index contributed by atoms with van der Waals surface area (Å²) in [6, 6.07) is 6.54. The number of hydrogen-bond acceptors (Lipinski definition) is 2. The van der Waals surface area contributed by atoms with Crippen LogP contribution >= 0.6 is 0 Å². The van der Waals surface area contributed by atoms with Gasteiger partial charge in [-0.3, -0.25) is 4.79 Å². The number of halogens is 1. The Morgan fingerprint density at radius 2 is 1.95 bits per heavy atom. The lowest BCUT2D eigenvalue weighted by Gasteiger charge is -2.32. The van der Waals surface area contributed by atoms with Gasteiger partial charge in [-0.25, -0.2) is 4.39 Å². The van der Waals surface area contributed by atoms with Gasteiger partial charge in [-0.2, -0.15) is 0 Å². The van der Waals surface area contributed by atoms with Gasteiger partial charge in [0.15, 0.2) is 0 Å². The van der Waals surface area contributed by atoms with Gasteiger partial charge in [0.25, 0.3) is 0 Å². The third-order valence-corrected chi connectivity index (χ3v) is 4.83. The standard InChI is InChI=1S/C16H21FN2O/c1-15(2,12-5-3-4-6-13(12)17)14(20)18-16-7-9-19(11-16)10-8-16/h3-6H,7-11H2,1-2H3,(H,18,20). The predicted octanol–water partition coefficient (Wildman–Crippen LogP) is 2.07. The molecule has 2 fully saturated rings. The number of carbonyl (C=O) groups excluding carboxylic acids is 1. The molecule has 0 spiro atoms. The summed E-state index contributed by atoms with van der Waals surface area (Å²) >= 11 is 0. The minimum Gasteiger partial charge on any atom is -0.349 e. The minimum atomic E-state index is -0.851. The van der Waals surface area contributed by atoms with E-state index in [1.807, 2.05) is 0 Å². The summed E-state index contributed by atoms with van der Waals surface area (Å²) in [5.74, 6) is -0.393. The topological polar surface area (TPSA) is 32.3 Å². The maximum Gasteiger partial charge on any atom is 0.230 e. The van der Waals surface area contributed by atoms with Gasteiger partial charge in [0.1, 0.15) is 5.82 Å². The van der Waals surface area contributed by atoms with E-state index >= 15 is 0 Å². The highest BCUT2D eigenvalue weighted by Gasteiger charge is 2.46. The van der Waals surface area contributed by atoms with Crippen molar-refractivity contribution in [2.24, 2.45) is 0 Å². The average molecular weight is 276 g/mol. The molecule has 3 rings (SSSR count). The summed E-state index contributed by atoms with van der Waals surface area (Å²) < 4.78 is 14.0. The molecule has 1 aromatic carbocycles. The van der Waals surface area contributed by atoms with E-state index in [2.05, 4.69) is 10.2 Å². The lowest BCUT2D eigenvalue weighted by molar-refractivity contribution is -0.127. The molecule has 3 nitrogen and oxygen atoms in total. The first-order chi connectivity index (χ1) is 9.43. The SMILES string of the molecule is CC(C)(C(=O)NC12CCN(CC1)C2)c1ccccc1F. The van der Waals surface area contributed by atoms with Gasteiger partial charge < -0.3 is 10.2 Å². The first kappa shape index (κ1) is 13.6. The van der Waals surface area contributed by atoms with E-state index in [0.717, 1.165) is 32.5 Å². The van der Waals surface area contributed by atoms with Gasteiger partial charge in [-0.05, 0) is 32.8 Å². The number of fused-ring (bicyclic) bond motifs is 2. The molecular weight excluding hydrogens is 255 g/mol. The fourth-order valence-corrected chi connectivity index (χ4v) is 3.38. The average Bonchev–Trinajstić information content (AvgIpc) is 2.99. The number of rotatable bonds is 3. The normalized spacial score (nSPS) is 28.6. The molecule has 1 aromatic rings. The van der Waals surface area contributed by atoms with E-state index in [9.17, 15) is 9.18 Å². The second-order valence-electron chi connectivity index (χ2n) is 6.62. The number of nitrogens with one attached hydrogen (secondary N) is 1. The van der Waals surface area contributed by atoms with Crippen LogP contribution < -0.4 is 5.32 Å². The molecule has 0 radical (unpaired) electrons. The number of piperidine rings is 1. The van der Waals surface area contributed by atoms with E-state index in [0.29, 0.717) is 5.56 Å². The van der Waals surface area contributed by atoms with E-state index in [1.54, 1.807) is 32.0 Å². The van der Waals surface area contributed by atoms with Crippen molar-refractivity contribution in [1.82, 2.24) is 10.2 Å². The smallest absolute Gasteiger partial charge is 0.230 e. The van der Waals surface area contributed by atoms with Crippen molar-refractivity contribution in [3.63, 3.8) is 0 Å². The fraction of sp³-hybridized carbons (Fsp3) is 0.562. The second-order valence-corrected chi connectivity index (χ2v) is 6.62. The molecular formula is C16H21FN2O. The van der Waals surface area contributed by atoms with E-state index in [-0.39, 0.29) is 17.3 Å². The van der Waals surface area contributed by atoms with E-state index in [4.69, 9.17) is 0 Å². The summed E-state index contributed by atoms with van der Waals surface area (Å²) in [4.78, 5) is 15.0. The molecule has 1 N–H and O–H groups in total. The Hall–Kier alpha value is -1.42. The Balaban J connectivity index is 1.81. The molecule has 0 aliphatic carbocycles. The number of benzene rings is 1. The minimum absolute atomic E-state index is 0.0775. The molecule has 1 amide bonds. The van der Waals surface area contributed by atoms with Crippen molar-refractivity contribution in [2.75, 3.05) is 19.6 Å². The summed E-state index contributed by atoms with van der Waals surface area (Å²) in [6.07, 6.45) is 2.01. The van der Waals surface area contributed by atoms with Crippen LogP contribution in [-0.4, -0.2) is 36.0 Å². The maximum atomic E-state index is 14.0. The highest BCUT2D eigenvalue weighted by atomic mass is 19.1. The third kappa shape index (κ3) is 2.12. The van der Waals surface area contributed by atoms with Gasteiger partial charge in [0.2, 0.25) is 5.91 Å². The maximum absolute atomic E-state index is 14.0. The number of carbonyl (C=O) groups is 1. The fourth-order valence-electron chi connectivity index (χ4n) is 3.38. The quantitative estimate of drug-likeness (QED) is 0.916. The van der Waals surface area contributed by atoms with Crippen molar-refractivity contribution in [1.29, 1.82) is 0 Å². The van der Waals surface area contributed by atoms with Gasteiger partial charge in [0.05, 0.1) is 11.0 Å². The Morgan fingerprint density at radius 1 is 1.30 bits per heavy atom. The largest absolute Gasteiger partial charge is 0.349 e. The third-order valence-electron chi connectivity index (χ3n) is 4.83. The van der Waals surface area contributed by atoms with Gasteiger partial charge in [-0.15, -0.1) is 0 Å². The molecule has 20 heavy (non-hydrogen) atoms. The zero-order valence-electron chi connectivity index (χ0n) is 12.1. The van der Waals surface area contributed by atoms with Crippen LogP contribution in [0.1, 0.15) is 32.3 Å². The first-order valence-corrected chi connectivity index (χ1v) is 7.23. The highest BCUT2D eigenvalue weighted by Crippen LogP contribution is 2.34. The van der Waals surface area contributed by atoms with Crippen molar-refractivity contribution >= 4 is 5.91 Å². The van der Waals surface area contributed by atoms with Crippen LogP contribution in [0.15, 0.2) is 24.3 Å². The molecule has 108 valence electrons. The van der Waals surface area contributed by atoms with Gasteiger partial charge in [-0.1, -0.05) is 18.2 Å². The monoisotopic (exact) mass is 276 g/mol. The van der Waals surface area contributed by atoms with E-state index in [1.165, 1.54) is 6.07 Å². The lowest BCUT2D eigenvalue weighted by Crippen LogP contribution is -2.53. The lowest BCUT2D eigenvalue weighted by atomic mass is 9.82. The summed E-state index contributed by atoms with van der Waals surface area (Å²) in [7, 11) is 0. The van der Waals surface area contributed by atoms with Crippen molar-refractivity contribution in [3.05, 3.63) is 35.6 Å². The number of hydrogen-bond donors (Lipinski definition) is 1. The molecule has 2 heterocycles. The summed E-state index contributed by atoms with van der Waals surface area (Å²) in [6.45, 7) is 6.63. The summed E-state index contributed by atoms with van der Waals surface area (Å²) in [5.41, 5.74) is -0.475.